The van der Waals surface area contributed by atoms with E-state index in [1.807, 2.05) is 13.8 Å². The standard InChI is InChI=1S/C28H41NO3/c1-18(2)14-26(25-10-12-27(13-11-25)29-24(8)32-30-9)16-19(3)15-20(4)28-22(6)21(5)17-31-23(28)7/h10-12,14-15,18,24,27,29H,4,13,16-17H2,1-3,5-9H3/b19-15-,26-14+. The second kappa shape index (κ2) is 12.2. The zero-order valence-corrected chi connectivity index (χ0v) is 21.2. The molecule has 0 spiro atoms. The minimum atomic E-state index is -0.158. The van der Waals surface area contributed by atoms with Crippen LogP contribution < -0.4 is 5.32 Å². The van der Waals surface area contributed by atoms with Crippen molar-refractivity contribution >= 4 is 0 Å². The number of nitrogens with one attached hydrogen (secondary N) is 1. The quantitative estimate of drug-likeness (QED) is 0.174. The van der Waals surface area contributed by atoms with E-state index in [9.17, 15) is 0 Å². The van der Waals surface area contributed by atoms with Gasteiger partial charge in [-0.05, 0) is 81.2 Å². The first kappa shape index (κ1) is 26.1. The van der Waals surface area contributed by atoms with E-state index in [2.05, 4.69) is 76.9 Å². The Labute approximate surface area is 195 Å². The maximum Gasteiger partial charge on any atom is 0.141 e. The van der Waals surface area contributed by atoms with E-state index < -0.39 is 0 Å². The zero-order chi connectivity index (χ0) is 23.8. The molecule has 2 rings (SSSR count). The van der Waals surface area contributed by atoms with Gasteiger partial charge in [0.2, 0.25) is 0 Å². The average Bonchev–Trinajstić information content (AvgIpc) is 2.71. The van der Waals surface area contributed by atoms with Gasteiger partial charge in [0.1, 0.15) is 18.6 Å². The summed E-state index contributed by atoms with van der Waals surface area (Å²) in [5, 5.41) is 3.39. The molecule has 0 aromatic rings. The van der Waals surface area contributed by atoms with Crippen molar-refractivity contribution < 1.29 is 14.5 Å². The molecule has 0 radical (unpaired) electrons. The summed E-state index contributed by atoms with van der Waals surface area (Å²) in [7, 11) is 1.53. The molecule has 1 aliphatic heterocycles. The third kappa shape index (κ3) is 7.47. The molecule has 0 amide bonds. The van der Waals surface area contributed by atoms with Crippen molar-refractivity contribution in [3.05, 3.63) is 81.7 Å². The number of hydrogen-bond acceptors (Lipinski definition) is 4. The lowest BCUT2D eigenvalue weighted by atomic mass is 9.89. The van der Waals surface area contributed by atoms with Crippen LogP contribution in [0.5, 0.6) is 0 Å². The van der Waals surface area contributed by atoms with Crippen molar-refractivity contribution in [1.29, 1.82) is 0 Å². The Bertz CT molecular complexity index is 880. The van der Waals surface area contributed by atoms with E-state index in [4.69, 9.17) is 14.5 Å². The Hall–Kier alpha value is -2.14. The maximum absolute atomic E-state index is 5.84. The van der Waals surface area contributed by atoms with Crippen LogP contribution in [0, 0.1) is 5.92 Å². The van der Waals surface area contributed by atoms with E-state index in [0.29, 0.717) is 12.5 Å². The van der Waals surface area contributed by atoms with Gasteiger partial charge in [-0.1, -0.05) is 56.4 Å². The van der Waals surface area contributed by atoms with Crippen molar-refractivity contribution in [3.8, 4) is 0 Å². The minimum absolute atomic E-state index is 0.158. The van der Waals surface area contributed by atoms with Crippen LogP contribution >= 0.6 is 0 Å². The van der Waals surface area contributed by atoms with Crippen LogP contribution in [0.4, 0.5) is 0 Å². The molecule has 0 aromatic heterocycles. The molecule has 1 N–H and O–H groups in total. The van der Waals surface area contributed by atoms with Gasteiger partial charge in [-0.25, -0.2) is 9.78 Å². The van der Waals surface area contributed by atoms with E-state index in [-0.39, 0.29) is 12.3 Å². The first-order chi connectivity index (χ1) is 15.1. The average molecular weight is 440 g/mol. The molecule has 176 valence electrons. The van der Waals surface area contributed by atoms with Gasteiger partial charge >= 0.3 is 0 Å². The first-order valence-corrected chi connectivity index (χ1v) is 11.5. The fraction of sp³-hybridized carbons (Fsp3) is 0.500. The Balaban J connectivity index is 2.14. The molecule has 2 unspecified atom stereocenters. The molecule has 32 heavy (non-hydrogen) atoms. The summed E-state index contributed by atoms with van der Waals surface area (Å²) in [6.45, 7) is 19.9. The largest absolute Gasteiger partial charge is 0.493 e. The maximum atomic E-state index is 5.84. The Kier molecular flexibility index (Phi) is 9.95. The summed E-state index contributed by atoms with van der Waals surface area (Å²) in [6.07, 6.45) is 13.0. The Morgan fingerprint density at radius 3 is 2.59 bits per heavy atom. The molecule has 4 heteroatoms. The SMILES string of the molecule is C=C(/C=C(/C)C/C(=C\C(C)C)C1=CCC(NC(C)OOC)C=C1)C1=C(C)OCC(C)=C1C. The summed E-state index contributed by atoms with van der Waals surface area (Å²) in [5.41, 5.74) is 8.64. The van der Waals surface area contributed by atoms with E-state index >= 15 is 0 Å². The zero-order valence-electron chi connectivity index (χ0n) is 21.2. The molecule has 2 aliphatic rings. The van der Waals surface area contributed by atoms with Gasteiger partial charge in [0.05, 0.1) is 7.11 Å². The van der Waals surface area contributed by atoms with E-state index in [0.717, 1.165) is 29.7 Å². The van der Waals surface area contributed by atoms with Crippen LogP contribution in [0.25, 0.3) is 0 Å². The molecule has 4 nitrogen and oxygen atoms in total. The lowest BCUT2D eigenvalue weighted by Crippen LogP contribution is -2.37. The molecule has 0 saturated carbocycles. The predicted molar refractivity (Wildman–Crippen MR) is 134 cm³/mol. The predicted octanol–water partition coefficient (Wildman–Crippen LogP) is 6.87. The molecule has 0 aromatic carbocycles. The highest BCUT2D eigenvalue weighted by atomic mass is 17.2. The van der Waals surface area contributed by atoms with E-state index in [1.54, 1.807) is 0 Å². The molecule has 1 aliphatic carbocycles. The fourth-order valence-corrected chi connectivity index (χ4v) is 4.18. The summed E-state index contributed by atoms with van der Waals surface area (Å²) >= 11 is 0. The van der Waals surface area contributed by atoms with Gasteiger partial charge in [0.25, 0.3) is 0 Å². The van der Waals surface area contributed by atoms with Crippen LogP contribution in [0.1, 0.15) is 61.3 Å². The molecular weight excluding hydrogens is 398 g/mol. The van der Waals surface area contributed by atoms with E-state index in [1.165, 1.54) is 35.0 Å². The van der Waals surface area contributed by atoms with Gasteiger partial charge in [0.15, 0.2) is 0 Å². The lowest BCUT2D eigenvalue weighted by Gasteiger charge is -2.23. The van der Waals surface area contributed by atoms with Crippen molar-refractivity contribution in [3.63, 3.8) is 0 Å². The van der Waals surface area contributed by atoms with Crippen molar-refractivity contribution in [2.75, 3.05) is 13.7 Å². The van der Waals surface area contributed by atoms with Crippen LogP contribution in [-0.4, -0.2) is 26.0 Å². The summed E-state index contributed by atoms with van der Waals surface area (Å²) in [6, 6.07) is 0.236. The first-order valence-electron chi connectivity index (χ1n) is 11.5. The normalized spacial score (nSPS) is 21.2. The van der Waals surface area contributed by atoms with Crippen molar-refractivity contribution in [1.82, 2.24) is 5.32 Å². The lowest BCUT2D eigenvalue weighted by molar-refractivity contribution is -0.307. The van der Waals surface area contributed by atoms with Crippen LogP contribution in [-0.2, 0) is 14.5 Å². The number of hydrogen-bond donors (Lipinski definition) is 1. The van der Waals surface area contributed by atoms with Gasteiger partial charge < -0.3 is 4.74 Å². The summed E-state index contributed by atoms with van der Waals surface area (Å²) in [4.78, 5) is 9.87. The molecule has 2 atom stereocenters. The topological polar surface area (TPSA) is 39.7 Å². The fourth-order valence-electron chi connectivity index (χ4n) is 4.18. The monoisotopic (exact) mass is 439 g/mol. The van der Waals surface area contributed by atoms with Crippen LogP contribution in [0.3, 0.4) is 0 Å². The number of rotatable bonds is 10. The van der Waals surface area contributed by atoms with Crippen LogP contribution in [0.2, 0.25) is 0 Å². The third-order valence-corrected chi connectivity index (χ3v) is 5.78. The van der Waals surface area contributed by atoms with Gasteiger partial charge in [0, 0.05) is 11.6 Å². The number of allylic oxidation sites excluding steroid dienone is 10. The molecule has 0 bridgehead atoms. The molecule has 1 heterocycles. The molecule has 0 fully saturated rings. The third-order valence-electron chi connectivity index (χ3n) is 5.78. The van der Waals surface area contributed by atoms with Crippen LogP contribution in [0.15, 0.2) is 81.7 Å². The minimum Gasteiger partial charge on any atom is -0.493 e. The van der Waals surface area contributed by atoms with Gasteiger partial charge in [-0.2, -0.15) is 0 Å². The Morgan fingerprint density at radius 2 is 2.00 bits per heavy atom. The van der Waals surface area contributed by atoms with Gasteiger partial charge in [-0.3, -0.25) is 5.32 Å². The second-order valence-electron chi connectivity index (χ2n) is 9.19. The highest BCUT2D eigenvalue weighted by molar-refractivity contribution is 5.55. The highest BCUT2D eigenvalue weighted by Gasteiger charge is 2.18. The van der Waals surface area contributed by atoms with Gasteiger partial charge in [-0.15, -0.1) is 0 Å². The summed E-state index contributed by atoms with van der Waals surface area (Å²) < 4.78 is 5.84. The number of ether oxygens (including phenoxy) is 1. The molecule has 0 saturated heterocycles. The summed E-state index contributed by atoms with van der Waals surface area (Å²) in [5.74, 6) is 1.44. The second-order valence-corrected chi connectivity index (χ2v) is 9.19. The van der Waals surface area contributed by atoms with Crippen molar-refractivity contribution in [2.45, 2.75) is 73.6 Å². The smallest absolute Gasteiger partial charge is 0.141 e. The molecular formula is C28H41NO3. The Morgan fingerprint density at radius 1 is 1.28 bits per heavy atom. The van der Waals surface area contributed by atoms with Crippen molar-refractivity contribution in [2.24, 2.45) is 5.92 Å². The highest BCUT2D eigenvalue weighted by Crippen LogP contribution is 2.32.